The molecule has 1 saturated heterocycles. The Labute approximate surface area is 169 Å². The zero-order chi connectivity index (χ0) is 20.4. The SMILES string of the molecule is CN=CC(=CN)c1ccc2cnn(-c3ccnc(N4CCN(C)C(=O)C4)c3)c2c1. The van der Waals surface area contributed by atoms with Gasteiger partial charge < -0.3 is 15.5 Å². The fourth-order valence-electron chi connectivity index (χ4n) is 3.42. The second-order valence-corrected chi connectivity index (χ2v) is 6.95. The lowest BCUT2D eigenvalue weighted by Gasteiger charge is -2.32. The molecule has 0 radical (unpaired) electrons. The zero-order valence-corrected chi connectivity index (χ0v) is 16.5. The lowest BCUT2D eigenvalue weighted by atomic mass is 10.1. The first-order valence-corrected chi connectivity index (χ1v) is 9.38. The van der Waals surface area contributed by atoms with Gasteiger partial charge in [-0.05, 0) is 17.7 Å². The Balaban J connectivity index is 1.72. The van der Waals surface area contributed by atoms with E-state index in [4.69, 9.17) is 5.73 Å². The minimum atomic E-state index is 0.0938. The van der Waals surface area contributed by atoms with Crippen molar-refractivity contribution in [1.82, 2.24) is 19.7 Å². The summed E-state index contributed by atoms with van der Waals surface area (Å²) in [7, 11) is 3.54. The van der Waals surface area contributed by atoms with Crippen molar-refractivity contribution in [3.8, 4) is 5.69 Å². The van der Waals surface area contributed by atoms with E-state index in [0.29, 0.717) is 13.1 Å². The summed E-state index contributed by atoms with van der Waals surface area (Å²) in [5.41, 5.74) is 9.41. The highest BCUT2D eigenvalue weighted by molar-refractivity contribution is 6.10. The van der Waals surface area contributed by atoms with Gasteiger partial charge >= 0.3 is 0 Å². The van der Waals surface area contributed by atoms with Crippen molar-refractivity contribution in [1.29, 1.82) is 0 Å². The van der Waals surface area contributed by atoms with Gasteiger partial charge in [0.1, 0.15) is 5.82 Å². The molecule has 0 atom stereocenters. The van der Waals surface area contributed by atoms with E-state index in [0.717, 1.165) is 40.1 Å². The number of benzene rings is 1. The minimum absolute atomic E-state index is 0.0938. The van der Waals surface area contributed by atoms with Gasteiger partial charge in [-0.25, -0.2) is 9.67 Å². The lowest BCUT2D eigenvalue weighted by molar-refractivity contribution is -0.129. The molecule has 8 heteroatoms. The maximum absolute atomic E-state index is 12.1. The van der Waals surface area contributed by atoms with Gasteiger partial charge in [-0.2, -0.15) is 5.10 Å². The van der Waals surface area contributed by atoms with Gasteiger partial charge in [0, 0.05) is 62.8 Å². The van der Waals surface area contributed by atoms with Gasteiger partial charge in [0.2, 0.25) is 5.91 Å². The number of fused-ring (bicyclic) bond motifs is 1. The molecule has 0 bridgehead atoms. The number of nitrogens with zero attached hydrogens (tertiary/aromatic N) is 6. The maximum Gasteiger partial charge on any atom is 0.241 e. The van der Waals surface area contributed by atoms with Crippen LogP contribution < -0.4 is 10.6 Å². The third kappa shape index (κ3) is 3.56. The quantitative estimate of drug-likeness (QED) is 0.686. The van der Waals surface area contributed by atoms with Crippen molar-refractivity contribution in [2.24, 2.45) is 10.7 Å². The Morgan fingerprint density at radius 1 is 1.24 bits per heavy atom. The zero-order valence-electron chi connectivity index (χ0n) is 16.5. The Bertz CT molecular complexity index is 1120. The first-order chi connectivity index (χ1) is 14.1. The van der Waals surface area contributed by atoms with Crippen molar-refractivity contribution in [2.75, 3.05) is 38.6 Å². The fourth-order valence-corrected chi connectivity index (χ4v) is 3.42. The molecule has 1 amide bonds. The molecular formula is C21H23N7O. The van der Waals surface area contributed by atoms with Gasteiger partial charge in [0.25, 0.3) is 0 Å². The molecule has 4 rings (SSSR count). The van der Waals surface area contributed by atoms with Crippen molar-refractivity contribution < 1.29 is 4.79 Å². The number of nitrogens with two attached hydrogens (primary N) is 1. The summed E-state index contributed by atoms with van der Waals surface area (Å²) in [6.45, 7) is 1.77. The maximum atomic E-state index is 12.1. The number of carbonyl (C=O) groups is 1. The molecule has 2 aromatic heterocycles. The molecule has 0 aliphatic carbocycles. The third-order valence-corrected chi connectivity index (χ3v) is 5.11. The number of anilines is 1. The molecule has 1 aliphatic rings. The van der Waals surface area contributed by atoms with Crippen molar-refractivity contribution in [2.45, 2.75) is 0 Å². The highest BCUT2D eigenvalue weighted by atomic mass is 16.2. The first-order valence-electron chi connectivity index (χ1n) is 9.38. The Morgan fingerprint density at radius 3 is 2.86 bits per heavy atom. The van der Waals surface area contributed by atoms with Crippen LogP contribution in [0.25, 0.3) is 22.2 Å². The lowest BCUT2D eigenvalue weighted by Crippen LogP contribution is -2.48. The van der Waals surface area contributed by atoms with Gasteiger partial charge in [-0.1, -0.05) is 12.1 Å². The average Bonchev–Trinajstić information content (AvgIpc) is 3.17. The normalized spacial score (nSPS) is 15.7. The van der Waals surface area contributed by atoms with E-state index in [1.165, 1.54) is 0 Å². The molecule has 1 aliphatic heterocycles. The monoisotopic (exact) mass is 389 g/mol. The third-order valence-electron chi connectivity index (χ3n) is 5.11. The molecule has 8 nitrogen and oxygen atoms in total. The smallest absolute Gasteiger partial charge is 0.241 e. The molecule has 1 fully saturated rings. The van der Waals surface area contributed by atoms with E-state index >= 15 is 0 Å². The number of hydrogen-bond acceptors (Lipinski definition) is 6. The predicted octanol–water partition coefficient (Wildman–Crippen LogP) is 1.70. The van der Waals surface area contributed by atoms with Crippen molar-refractivity contribution >= 4 is 34.4 Å². The van der Waals surface area contributed by atoms with Crippen molar-refractivity contribution in [3.63, 3.8) is 0 Å². The molecule has 0 saturated carbocycles. The Morgan fingerprint density at radius 2 is 2.10 bits per heavy atom. The summed E-state index contributed by atoms with van der Waals surface area (Å²) < 4.78 is 1.87. The largest absolute Gasteiger partial charge is 0.404 e. The van der Waals surface area contributed by atoms with Crippen LogP contribution >= 0.6 is 0 Å². The van der Waals surface area contributed by atoms with Crippen molar-refractivity contribution in [3.05, 3.63) is 54.5 Å². The average molecular weight is 389 g/mol. The molecule has 0 spiro atoms. The number of amides is 1. The van der Waals surface area contributed by atoms with E-state index in [2.05, 4.69) is 15.1 Å². The fraction of sp³-hybridized carbons (Fsp3) is 0.238. The second kappa shape index (κ2) is 7.75. The second-order valence-electron chi connectivity index (χ2n) is 6.95. The van der Waals surface area contributed by atoms with Gasteiger partial charge in [0.05, 0.1) is 23.9 Å². The number of hydrogen-bond donors (Lipinski definition) is 1. The molecule has 0 unspecified atom stereocenters. The topological polar surface area (TPSA) is 92.6 Å². The number of piperazine rings is 1. The van der Waals surface area contributed by atoms with Crippen LogP contribution in [0.15, 0.2) is 53.9 Å². The van der Waals surface area contributed by atoms with E-state index in [9.17, 15) is 4.79 Å². The predicted molar refractivity (Wildman–Crippen MR) is 115 cm³/mol. The Kier molecular flexibility index (Phi) is 4.99. The van der Waals surface area contributed by atoms with Crippen LogP contribution in [0.1, 0.15) is 5.56 Å². The van der Waals surface area contributed by atoms with Crippen LogP contribution in [0.2, 0.25) is 0 Å². The first kappa shape index (κ1) is 18.7. The highest BCUT2D eigenvalue weighted by Crippen LogP contribution is 2.24. The van der Waals surface area contributed by atoms with Crippen LogP contribution in [0, 0.1) is 0 Å². The summed E-state index contributed by atoms with van der Waals surface area (Å²) in [6, 6.07) is 9.94. The van der Waals surface area contributed by atoms with Gasteiger partial charge in [-0.3, -0.25) is 9.79 Å². The van der Waals surface area contributed by atoms with Crippen LogP contribution in [0.3, 0.4) is 0 Å². The standard InChI is InChI=1S/C21H23N7O/c1-23-12-17(11-22)15-3-4-16-13-25-28(19(16)9-15)18-5-6-24-20(10-18)27-8-7-26(2)21(29)14-27/h3-6,9-13H,7-8,14,22H2,1-2H3. The van der Waals surface area contributed by atoms with E-state index in [1.54, 1.807) is 30.6 Å². The summed E-state index contributed by atoms with van der Waals surface area (Å²) in [4.78, 5) is 24.3. The van der Waals surface area contributed by atoms with Crippen LogP contribution in [-0.2, 0) is 4.79 Å². The molecule has 3 heterocycles. The summed E-state index contributed by atoms with van der Waals surface area (Å²) in [6.07, 6.45) is 6.86. The number of rotatable bonds is 4. The van der Waals surface area contributed by atoms with E-state index in [1.807, 2.05) is 53.2 Å². The summed E-state index contributed by atoms with van der Waals surface area (Å²) >= 11 is 0. The van der Waals surface area contributed by atoms with Crippen LogP contribution in [-0.4, -0.2) is 65.5 Å². The molecule has 1 aromatic carbocycles. The van der Waals surface area contributed by atoms with Crippen LogP contribution in [0.5, 0.6) is 0 Å². The van der Waals surface area contributed by atoms with Crippen LogP contribution in [0.4, 0.5) is 5.82 Å². The Hall–Kier alpha value is -3.68. The molecule has 3 aromatic rings. The van der Waals surface area contributed by atoms with Gasteiger partial charge in [0.15, 0.2) is 0 Å². The highest BCUT2D eigenvalue weighted by Gasteiger charge is 2.22. The molecule has 29 heavy (non-hydrogen) atoms. The molecular weight excluding hydrogens is 366 g/mol. The van der Waals surface area contributed by atoms with E-state index in [-0.39, 0.29) is 5.91 Å². The number of carbonyl (C=O) groups excluding carboxylic acids is 1. The number of aromatic nitrogens is 3. The van der Waals surface area contributed by atoms with E-state index < -0.39 is 0 Å². The summed E-state index contributed by atoms with van der Waals surface area (Å²) in [5, 5.41) is 5.58. The summed E-state index contributed by atoms with van der Waals surface area (Å²) in [5.74, 6) is 0.862. The molecule has 2 N–H and O–H groups in total. The number of aliphatic imine (C=N–C) groups is 1. The number of allylic oxidation sites excluding steroid dienone is 1. The number of pyridine rings is 1. The molecule has 148 valence electrons. The minimum Gasteiger partial charge on any atom is -0.404 e. The number of likely N-dealkylation sites (N-methyl/N-ethyl adjacent to an activating group) is 1. The van der Waals surface area contributed by atoms with Gasteiger partial charge in [-0.15, -0.1) is 0 Å².